The Morgan fingerprint density at radius 1 is 0.628 bits per heavy atom. The molecule has 2 N–H and O–H groups in total. The fourth-order valence-electron chi connectivity index (χ4n) is 6.80. The number of nitrogens with one attached hydrogen (secondary N) is 2. The number of amides is 2. The first-order valence-corrected chi connectivity index (χ1v) is 17.0. The number of piperidine rings is 2. The van der Waals surface area contributed by atoms with Crippen molar-refractivity contribution in [2.75, 3.05) is 53.4 Å². The third-order valence-electron chi connectivity index (χ3n) is 9.35. The van der Waals surface area contributed by atoms with Gasteiger partial charge in [-0.05, 0) is 100 Å². The van der Waals surface area contributed by atoms with E-state index in [2.05, 4.69) is 58.8 Å². The third kappa shape index (κ3) is 10.5. The van der Waals surface area contributed by atoms with Crippen molar-refractivity contribution in [2.24, 2.45) is 11.8 Å². The molecule has 236 valence electrons. The monoisotopic (exact) mass is 628 g/mol. The average molecular weight is 630 g/mol. The molecule has 43 heavy (non-hydrogen) atoms. The standard InChI is InChI=1S/C35H50Cl2N4O2/c1-40-22-18-30(26-10-14-28(36)15-11-26)32(24-40)34(42)38-20-8-6-4-3-5-7-9-21-39-35(43)33-25-41(2)23-19-31(33)27-12-16-29(37)17-13-27/h10-17,30-33H,3-9,18-25H2,1-2H3,(H,38,42)(H,39,43)/t30-,31-,32+,33+/m0/s1. The molecule has 2 fully saturated rings. The quantitative estimate of drug-likeness (QED) is 0.228. The Hall–Kier alpha value is -2.12. The van der Waals surface area contributed by atoms with Gasteiger partial charge in [0.25, 0.3) is 0 Å². The van der Waals surface area contributed by atoms with E-state index in [9.17, 15) is 9.59 Å². The van der Waals surface area contributed by atoms with Crippen LogP contribution in [0, 0.1) is 11.8 Å². The Kier molecular flexibility index (Phi) is 13.7. The number of likely N-dealkylation sites (tertiary alicyclic amines) is 2. The number of carbonyl (C=O) groups excluding carboxylic acids is 2. The maximum atomic E-state index is 13.1. The first kappa shape index (κ1) is 33.8. The van der Waals surface area contributed by atoms with E-state index in [0.717, 1.165) is 87.8 Å². The fourth-order valence-corrected chi connectivity index (χ4v) is 7.05. The van der Waals surface area contributed by atoms with Gasteiger partial charge in [-0.15, -0.1) is 0 Å². The number of halogens is 2. The Morgan fingerprint density at radius 3 is 1.35 bits per heavy atom. The van der Waals surface area contributed by atoms with Gasteiger partial charge in [0.1, 0.15) is 0 Å². The minimum atomic E-state index is -0.0252. The van der Waals surface area contributed by atoms with Gasteiger partial charge in [0.15, 0.2) is 0 Å². The van der Waals surface area contributed by atoms with Gasteiger partial charge in [-0.1, -0.05) is 79.6 Å². The van der Waals surface area contributed by atoms with E-state index in [1.54, 1.807) is 0 Å². The van der Waals surface area contributed by atoms with E-state index in [0.29, 0.717) is 0 Å². The van der Waals surface area contributed by atoms with Crippen LogP contribution in [0.25, 0.3) is 0 Å². The van der Waals surface area contributed by atoms with Gasteiger partial charge in [-0.25, -0.2) is 0 Å². The van der Waals surface area contributed by atoms with Crippen molar-refractivity contribution < 1.29 is 9.59 Å². The summed E-state index contributed by atoms with van der Waals surface area (Å²) < 4.78 is 0. The van der Waals surface area contributed by atoms with Crippen molar-refractivity contribution in [1.82, 2.24) is 20.4 Å². The lowest BCUT2D eigenvalue weighted by Crippen LogP contribution is -2.45. The van der Waals surface area contributed by atoms with Crippen LogP contribution in [-0.4, -0.2) is 75.0 Å². The number of benzene rings is 2. The average Bonchev–Trinajstić information content (AvgIpc) is 3.00. The van der Waals surface area contributed by atoms with Crippen LogP contribution in [0.5, 0.6) is 0 Å². The van der Waals surface area contributed by atoms with Crippen LogP contribution in [0.1, 0.15) is 80.8 Å². The Balaban J connectivity index is 1.06. The SMILES string of the molecule is CN1CC[C@@H](c2ccc(Cl)cc2)[C@H](C(=O)NCCCCCCCCCNC(=O)[C@@H]2CN(C)CC[C@H]2c2ccc(Cl)cc2)C1. The van der Waals surface area contributed by atoms with Crippen LogP contribution in [-0.2, 0) is 9.59 Å². The van der Waals surface area contributed by atoms with Crippen LogP contribution in [0.4, 0.5) is 0 Å². The summed E-state index contributed by atoms with van der Waals surface area (Å²) in [4.78, 5) is 30.7. The van der Waals surface area contributed by atoms with Crippen LogP contribution in [0.15, 0.2) is 48.5 Å². The summed E-state index contributed by atoms with van der Waals surface area (Å²) in [6, 6.07) is 16.0. The molecule has 0 aromatic heterocycles. The van der Waals surface area contributed by atoms with E-state index in [1.165, 1.54) is 30.4 Å². The molecule has 4 atom stereocenters. The number of nitrogens with zero attached hydrogens (tertiary/aromatic N) is 2. The van der Waals surface area contributed by atoms with Gasteiger partial charge < -0.3 is 20.4 Å². The lowest BCUT2D eigenvalue weighted by atomic mass is 9.80. The van der Waals surface area contributed by atoms with Gasteiger partial charge in [0.05, 0.1) is 11.8 Å². The van der Waals surface area contributed by atoms with Crippen molar-refractivity contribution in [3.63, 3.8) is 0 Å². The summed E-state index contributed by atoms with van der Waals surface area (Å²) >= 11 is 12.2. The third-order valence-corrected chi connectivity index (χ3v) is 9.86. The van der Waals surface area contributed by atoms with Gasteiger partial charge in [0.2, 0.25) is 11.8 Å². The lowest BCUT2D eigenvalue weighted by molar-refractivity contribution is -0.128. The van der Waals surface area contributed by atoms with E-state index < -0.39 is 0 Å². The second-order valence-corrected chi connectivity index (χ2v) is 13.6. The predicted molar refractivity (Wildman–Crippen MR) is 178 cm³/mol. The second kappa shape index (κ2) is 17.4. The van der Waals surface area contributed by atoms with Crippen LogP contribution in [0.2, 0.25) is 10.0 Å². The zero-order valence-electron chi connectivity index (χ0n) is 26.0. The maximum absolute atomic E-state index is 13.1. The minimum absolute atomic E-state index is 0.0252. The minimum Gasteiger partial charge on any atom is -0.356 e. The molecule has 4 rings (SSSR count). The second-order valence-electron chi connectivity index (χ2n) is 12.7. The highest BCUT2D eigenvalue weighted by molar-refractivity contribution is 6.30. The summed E-state index contributed by atoms with van der Waals surface area (Å²) in [5, 5.41) is 7.90. The lowest BCUT2D eigenvalue weighted by Gasteiger charge is -2.36. The van der Waals surface area contributed by atoms with Crippen molar-refractivity contribution in [1.29, 1.82) is 0 Å². The van der Waals surface area contributed by atoms with E-state index >= 15 is 0 Å². The summed E-state index contributed by atoms with van der Waals surface area (Å²) in [6.45, 7) is 5.08. The van der Waals surface area contributed by atoms with Crippen LogP contribution >= 0.6 is 23.2 Å². The van der Waals surface area contributed by atoms with E-state index in [-0.39, 0.29) is 35.5 Å². The number of carbonyl (C=O) groups is 2. The molecule has 8 heteroatoms. The van der Waals surface area contributed by atoms with Crippen molar-refractivity contribution in [3.8, 4) is 0 Å². The maximum Gasteiger partial charge on any atom is 0.225 e. The Labute approximate surface area is 268 Å². The molecule has 0 spiro atoms. The molecule has 0 radical (unpaired) electrons. The molecule has 2 heterocycles. The molecule has 2 aliphatic heterocycles. The van der Waals surface area contributed by atoms with Gasteiger partial charge >= 0.3 is 0 Å². The molecular weight excluding hydrogens is 579 g/mol. The van der Waals surface area contributed by atoms with Crippen molar-refractivity contribution in [3.05, 3.63) is 69.7 Å². The highest BCUT2D eigenvalue weighted by atomic mass is 35.5. The van der Waals surface area contributed by atoms with Crippen molar-refractivity contribution >= 4 is 35.0 Å². The molecular formula is C35H50Cl2N4O2. The number of rotatable bonds is 14. The van der Waals surface area contributed by atoms with Gasteiger partial charge in [-0.3, -0.25) is 9.59 Å². The number of unbranched alkanes of at least 4 members (excludes halogenated alkanes) is 6. The Morgan fingerprint density at radius 2 is 0.977 bits per heavy atom. The molecule has 2 amide bonds. The topological polar surface area (TPSA) is 64.7 Å². The van der Waals surface area contributed by atoms with Crippen LogP contribution in [0.3, 0.4) is 0 Å². The zero-order chi connectivity index (χ0) is 30.6. The molecule has 0 bridgehead atoms. The predicted octanol–water partition coefficient (Wildman–Crippen LogP) is 6.73. The summed E-state index contributed by atoms with van der Waals surface area (Å²) in [7, 11) is 4.19. The summed E-state index contributed by atoms with van der Waals surface area (Å²) in [5.74, 6) is 0.783. The smallest absolute Gasteiger partial charge is 0.225 e. The summed E-state index contributed by atoms with van der Waals surface area (Å²) in [6.07, 6.45) is 9.82. The van der Waals surface area contributed by atoms with E-state index in [4.69, 9.17) is 23.2 Å². The first-order chi connectivity index (χ1) is 20.8. The molecule has 2 aromatic rings. The largest absolute Gasteiger partial charge is 0.356 e. The van der Waals surface area contributed by atoms with Crippen LogP contribution < -0.4 is 10.6 Å². The highest BCUT2D eigenvalue weighted by Crippen LogP contribution is 2.34. The molecule has 0 saturated carbocycles. The molecule has 2 saturated heterocycles. The molecule has 2 aliphatic rings. The summed E-state index contributed by atoms with van der Waals surface area (Å²) in [5.41, 5.74) is 2.42. The van der Waals surface area contributed by atoms with Gasteiger partial charge in [-0.2, -0.15) is 0 Å². The molecule has 6 nitrogen and oxygen atoms in total. The van der Waals surface area contributed by atoms with Crippen molar-refractivity contribution in [2.45, 2.75) is 69.6 Å². The van der Waals surface area contributed by atoms with Gasteiger partial charge in [0, 0.05) is 36.2 Å². The normalized spacial score (nSPS) is 23.2. The molecule has 0 aliphatic carbocycles. The first-order valence-electron chi connectivity index (χ1n) is 16.2. The highest BCUT2D eigenvalue weighted by Gasteiger charge is 2.35. The number of hydrogen-bond donors (Lipinski definition) is 2. The van der Waals surface area contributed by atoms with E-state index in [1.807, 2.05) is 24.3 Å². The zero-order valence-corrected chi connectivity index (χ0v) is 27.5. The molecule has 0 unspecified atom stereocenters. The fraction of sp³-hybridized carbons (Fsp3) is 0.600. The number of hydrogen-bond acceptors (Lipinski definition) is 4. The molecule has 2 aromatic carbocycles. The Bertz CT molecular complexity index is 1050.